The molecule has 0 atom stereocenters. The Labute approximate surface area is 131 Å². The summed E-state index contributed by atoms with van der Waals surface area (Å²) in [4.78, 5) is 18.2. The monoisotopic (exact) mass is 299 g/mol. The van der Waals surface area contributed by atoms with Gasteiger partial charge in [0.05, 0.1) is 0 Å². The van der Waals surface area contributed by atoms with E-state index in [4.69, 9.17) is 0 Å². The van der Waals surface area contributed by atoms with E-state index < -0.39 is 0 Å². The molecule has 2 aromatic rings. The van der Waals surface area contributed by atoms with E-state index in [-0.39, 0.29) is 5.91 Å². The molecule has 4 nitrogen and oxygen atoms in total. The summed E-state index contributed by atoms with van der Waals surface area (Å²) >= 11 is 0. The lowest BCUT2D eigenvalue weighted by Crippen LogP contribution is -2.44. The zero-order valence-corrected chi connectivity index (χ0v) is 13.7. The third kappa shape index (κ3) is 2.88. The molecule has 0 aliphatic carbocycles. The molecule has 0 saturated carbocycles. The smallest absolute Gasteiger partial charge is 0.267 e. The molecule has 1 aromatic heterocycles. The number of H-pyrrole nitrogens is 1. The number of benzene rings is 1. The van der Waals surface area contributed by atoms with Gasteiger partial charge in [-0.05, 0) is 50.4 Å². The highest BCUT2D eigenvalue weighted by Crippen LogP contribution is 2.23. The molecule has 2 N–H and O–H groups in total. The summed E-state index contributed by atoms with van der Waals surface area (Å²) < 4.78 is 0. The van der Waals surface area contributed by atoms with E-state index in [9.17, 15) is 4.79 Å². The van der Waals surface area contributed by atoms with Crippen molar-refractivity contribution >= 4 is 16.8 Å². The van der Waals surface area contributed by atoms with Gasteiger partial charge >= 0.3 is 0 Å². The Balaban J connectivity index is 1.73. The number of nitrogens with one attached hydrogen (secondary N) is 2. The van der Waals surface area contributed by atoms with Gasteiger partial charge in [0.1, 0.15) is 5.69 Å². The Morgan fingerprint density at radius 2 is 1.95 bits per heavy atom. The molecule has 0 bridgehead atoms. The minimum Gasteiger partial charge on any atom is -0.350 e. The number of rotatable bonds is 3. The average Bonchev–Trinajstić information content (AvgIpc) is 2.98. The Bertz CT molecular complexity index is 642. The Hall–Kier alpha value is -1.81. The molecule has 1 aliphatic heterocycles. The molecule has 22 heavy (non-hydrogen) atoms. The predicted octanol–water partition coefficient (Wildman–Crippen LogP) is 3.00. The molecule has 1 fully saturated rings. The lowest BCUT2D eigenvalue weighted by molar-refractivity contribution is 0.0908. The fourth-order valence-corrected chi connectivity index (χ4v) is 3.28. The van der Waals surface area contributed by atoms with Crippen molar-refractivity contribution in [1.29, 1.82) is 0 Å². The normalized spacial score (nSPS) is 17.0. The minimum absolute atomic E-state index is 0.0185. The van der Waals surface area contributed by atoms with Crippen molar-refractivity contribution in [2.75, 3.05) is 19.6 Å². The zero-order chi connectivity index (χ0) is 15.7. The van der Waals surface area contributed by atoms with Crippen LogP contribution in [0.2, 0.25) is 0 Å². The number of fused-ring (bicyclic) bond motifs is 1. The predicted molar refractivity (Wildman–Crippen MR) is 90.4 cm³/mol. The molecule has 118 valence electrons. The Kier molecular flexibility index (Phi) is 4.21. The number of aromatic amines is 1. The molecule has 1 aromatic carbocycles. The van der Waals surface area contributed by atoms with Crippen LogP contribution in [-0.4, -0.2) is 41.5 Å². The quantitative estimate of drug-likeness (QED) is 0.915. The van der Waals surface area contributed by atoms with Crippen molar-refractivity contribution in [2.24, 2.45) is 0 Å². The van der Waals surface area contributed by atoms with E-state index in [0.717, 1.165) is 43.4 Å². The van der Waals surface area contributed by atoms with Crippen LogP contribution in [0.15, 0.2) is 18.2 Å². The summed E-state index contributed by atoms with van der Waals surface area (Å²) in [6, 6.07) is 6.47. The van der Waals surface area contributed by atoms with Gasteiger partial charge in [-0.3, -0.25) is 4.79 Å². The van der Waals surface area contributed by atoms with Gasteiger partial charge in [0.2, 0.25) is 0 Å². The second-order valence-electron chi connectivity index (χ2n) is 6.35. The summed E-state index contributed by atoms with van der Waals surface area (Å²) in [5.74, 6) is 0.0185. The standard InChI is InChI=1S/C18H25N3O/c1-4-21-9-7-14(8-10-21)19-18(22)16-11-15-12(2)5-6-13(3)17(15)20-16/h5-6,11,14,20H,4,7-10H2,1-3H3,(H,19,22). The van der Waals surface area contributed by atoms with Gasteiger partial charge in [-0.1, -0.05) is 19.1 Å². The van der Waals surface area contributed by atoms with Gasteiger partial charge in [-0.15, -0.1) is 0 Å². The fraction of sp³-hybridized carbons (Fsp3) is 0.500. The lowest BCUT2D eigenvalue weighted by atomic mass is 10.0. The molecule has 2 heterocycles. The van der Waals surface area contributed by atoms with Gasteiger partial charge in [-0.2, -0.15) is 0 Å². The van der Waals surface area contributed by atoms with Crippen molar-refractivity contribution in [3.63, 3.8) is 0 Å². The maximum atomic E-state index is 12.5. The molecule has 0 spiro atoms. The maximum absolute atomic E-state index is 12.5. The van der Waals surface area contributed by atoms with Gasteiger partial charge in [-0.25, -0.2) is 0 Å². The number of amides is 1. The van der Waals surface area contributed by atoms with Gasteiger partial charge in [0.25, 0.3) is 5.91 Å². The first-order valence-corrected chi connectivity index (χ1v) is 8.20. The summed E-state index contributed by atoms with van der Waals surface area (Å²) in [5.41, 5.74) is 4.12. The number of nitrogens with zero attached hydrogens (tertiary/aromatic N) is 1. The van der Waals surface area contributed by atoms with Crippen molar-refractivity contribution in [2.45, 2.75) is 39.7 Å². The van der Waals surface area contributed by atoms with Crippen LogP contribution in [-0.2, 0) is 0 Å². The second kappa shape index (κ2) is 6.13. The van der Waals surface area contributed by atoms with Crippen LogP contribution < -0.4 is 5.32 Å². The fourth-order valence-electron chi connectivity index (χ4n) is 3.28. The largest absolute Gasteiger partial charge is 0.350 e. The van der Waals surface area contributed by atoms with E-state index in [2.05, 4.69) is 48.1 Å². The van der Waals surface area contributed by atoms with Crippen LogP contribution in [0.1, 0.15) is 41.4 Å². The third-order valence-corrected chi connectivity index (χ3v) is 4.83. The van der Waals surface area contributed by atoms with Crippen molar-refractivity contribution in [1.82, 2.24) is 15.2 Å². The van der Waals surface area contributed by atoms with E-state index in [1.807, 2.05) is 6.07 Å². The van der Waals surface area contributed by atoms with E-state index >= 15 is 0 Å². The number of hydrogen-bond donors (Lipinski definition) is 2. The molecule has 3 rings (SSSR count). The van der Waals surface area contributed by atoms with Gasteiger partial charge in [0, 0.05) is 30.0 Å². The maximum Gasteiger partial charge on any atom is 0.267 e. The number of likely N-dealkylation sites (tertiary alicyclic amines) is 1. The molecule has 0 radical (unpaired) electrons. The van der Waals surface area contributed by atoms with E-state index in [0.29, 0.717) is 11.7 Å². The van der Waals surface area contributed by atoms with Crippen LogP contribution >= 0.6 is 0 Å². The van der Waals surface area contributed by atoms with Gasteiger partial charge < -0.3 is 15.2 Å². The molecule has 1 saturated heterocycles. The van der Waals surface area contributed by atoms with Crippen LogP contribution in [0, 0.1) is 13.8 Å². The number of aromatic nitrogens is 1. The molecule has 1 aliphatic rings. The number of aryl methyl sites for hydroxylation is 2. The highest BCUT2D eigenvalue weighted by Gasteiger charge is 2.21. The van der Waals surface area contributed by atoms with E-state index in [1.165, 1.54) is 11.1 Å². The molecule has 1 amide bonds. The average molecular weight is 299 g/mol. The Morgan fingerprint density at radius 3 is 2.59 bits per heavy atom. The van der Waals surface area contributed by atoms with Crippen LogP contribution in [0.3, 0.4) is 0 Å². The summed E-state index contributed by atoms with van der Waals surface area (Å²) in [7, 11) is 0. The highest BCUT2D eigenvalue weighted by molar-refractivity contribution is 5.99. The first kappa shape index (κ1) is 15.1. The first-order chi connectivity index (χ1) is 10.6. The highest BCUT2D eigenvalue weighted by atomic mass is 16.1. The van der Waals surface area contributed by atoms with Crippen molar-refractivity contribution in [3.8, 4) is 0 Å². The molecule has 4 heteroatoms. The number of hydrogen-bond acceptors (Lipinski definition) is 2. The van der Waals surface area contributed by atoms with Crippen LogP contribution in [0.5, 0.6) is 0 Å². The third-order valence-electron chi connectivity index (χ3n) is 4.83. The zero-order valence-electron chi connectivity index (χ0n) is 13.7. The Morgan fingerprint density at radius 1 is 1.27 bits per heavy atom. The second-order valence-corrected chi connectivity index (χ2v) is 6.35. The summed E-state index contributed by atoms with van der Waals surface area (Å²) in [6.45, 7) is 9.59. The molecular formula is C18H25N3O. The van der Waals surface area contributed by atoms with Gasteiger partial charge in [0.15, 0.2) is 0 Å². The SMILES string of the molecule is CCN1CCC(NC(=O)c2cc3c(C)ccc(C)c3[nH]2)CC1. The molecular weight excluding hydrogens is 274 g/mol. The minimum atomic E-state index is 0.0185. The van der Waals surface area contributed by atoms with Crippen LogP contribution in [0.4, 0.5) is 0 Å². The van der Waals surface area contributed by atoms with Crippen molar-refractivity contribution in [3.05, 3.63) is 35.0 Å². The summed E-state index contributed by atoms with van der Waals surface area (Å²) in [6.07, 6.45) is 2.08. The number of piperidine rings is 1. The van der Waals surface area contributed by atoms with Crippen molar-refractivity contribution < 1.29 is 4.79 Å². The number of carbonyl (C=O) groups is 1. The molecule has 0 unspecified atom stereocenters. The van der Waals surface area contributed by atoms with Crippen LogP contribution in [0.25, 0.3) is 10.9 Å². The summed E-state index contributed by atoms with van der Waals surface area (Å²) in [5, 5.41) is 4.33. The van der Waals surface area contributed by atoms with E-state index in [1.54, 1.807) is 0 Å². The number of carbonyl (C=O) groups excluding carboxylic acids is 1. The topological polar surface area (TPSA) is 48.1 Å². The lowest BCUT2D eigenvalue weighted by Gasteiger charge is -2.31. The first-order valence-electron chi connectivity index (χ1n) is 8.20.